The quantitative estimate of drug-likeness (QED) is 0.0672. The molecule has 0 bridgehead atoms. The van der Waals surface area contributed by atoms with Crippen LogP contribution in [0.5, 0.6) is 0 Å². The zero-order valence-electron chi connectivity index (χ0n) is 37.7. The predicted molar refractivity (Wildman–Crippen MR) is 235 cm³/mol. The van der Waals surface area contributed by atoms with Crippen LogP contribution in [0.25, 0.3) is 0 Å². The Morgan fingerprint density at radius 2 is 0.949 bits per heavy atom. The number of benzene rings is 2. The molecule has 0 unspecified atom stereocenters. The van der Waals surface area contributed by atoms with Crippen molar-refractivity contribution in [2.24, 2.45) is 10.8 Å². The summed E-state index contributed by atoms with van der Waals surface area (Å²) in [5.74, 6) is -4.21. The Bertz CT molecular complexity index is 1820. The van der Waals surface area contributed by atoms with E-state index in [-0.39, 0.29) is 56.9 Å². The van der Waals surface area contributed by atoms with Crippen molar-refractivity contribution in [1.29, 1.82) is 0 Å². The summed E-state index contributed by atoms with van der Waals surface area (Å²) >= 11 is -5.42. The molecule has 0 aliphatic heterocycles. The molecule has 0 saturated heterocycles. The molecule has 324 valence electrons. The molecular formula is C50H70F4N2O2Ti. The van der Waals surface area contributed by atoms with Crippen LogP contribution in [0.2, 0.25) is 0 Å². The molecule has 0 saturated carbocycles. The summed E-state index contributed by atoms with van der Waals surface area (Å²) < 4.78 is 72.1. The van der Waals surface area contributed by atoms with E-state index in [1.165, 1.54) is 34.1 Å². The molecule has 0 radical (unpaired) electrons. The number of amides is 2. The second kappa shape index (κ2) is 21.0. The molecule has 0 atom stereocenters. The maximum absolute atomic E-state index is 18.4. The molecule has 2 aromatic rings. The first kappa shape index (κ1) is 48.4. The van der Waals surface area contributed by atoms with E-state index in [4.69, 9.17) is 0 Å². The first-order chi connectivity index (χ1) is 28.0. The van der Waals surface area contributed by atoms with Crippen LogP contribution in [0.4, 0.5) is 28.9 Å². The number of unbranched alkanes of at least 4 members (excludes halogenated alkanes) is 6. The van der Waals surface area contributed by atoms with Crippen molar-refractivity contribution in [2.75, 3.05) is 22.9 Å². The van der Waals surface area contributed by atoms with Crippen molar-refractivity contribution in [1.82, 2.24) is 0 Å². The SMILES string of the molecule is CCCCCCN(C(=O)C(C)(C)CCC)c1ccc(F)[c]([Ti]([C]2=C(C)C=CC2)([C]2=C(C)C=CC2)[c]2c(F)ccc(N(CCCCCC)C(=O)C(C)(C)CCC)c2F)c1F. The molecule has 0 spiro atoms. The fourth-order valence-electron chi connectivity index (χ4n) is 9.48. The summed E-state index contributed by atoms with van der Waals surface area (Å²) in [6, 6.07) is 5.05. The van der Waals surface area contributed by atoms with Crippen molar-refractivity contribution in [2.45, 2.75) is 159 Å². The van der Waals surface area contributed by atoms with Crippen LogP contribution in [0, 0.1) is 34.1 Å². The number of anilines is 2. The van der Waals surface area contributed by atoms with Crippen LogP contribution in [-0.4, -0.2) is 24.9 Å². The fourth-order valence-corrected chi connectivity index (χ4v) is 18.6. The Balaban J connectivity index is 2.18. The molecule has 2 aliphatic carbocycles. The zero-order valence-corrected chi connectivity index (χ0v) is 39.2. The number of rotatable bonds is 22. The van der Waals surface area contributed by atoms with Gasteiger partial charge in [0.2, 0.25) is 0 Å². The zero-order chi connectivity index (χ0) is 43.7. The molecule has 2 amide bonds. The summed E-state index contributed by atoms with van der Waals surface area (Å²) in [6.45, 7) is 19.7. The second-order valence-corrected chi connectivity index (χ2v) is 23.9. The minimum absolute atomic E-state index is 0.0680. The van der Waals surface area contributed by atoms with Crippen LogP contribution in [0.1, 0.15) is 159 Å². The molecular weight excluding hydrogens is 784 g/mol. The number of carbonyl (C=O) groups is 2. The van der Waals surface area contributed by atoms with Crippen molar-refractivity contribution >= 4 is 30.9 Å². The van der Waals surface area contributed by atoms with Crippen LogP contribution in [-0.2, 0) is 26.2 Å². The molecule has 2 aromatic carbocycles. The summed E-state index contributed by atoms with van der Waals surface area (Å²) in [5.41, 5.74) is -0.374. The Morgan fingerprint density at radius 3 is 1.25 bits per heavy atom. The summed E-state index contributed by atoms with van der Waals surface area (Å²) in [5, 5.41) is 0. The minimum atomic E-state index is -5.42. The van der Waals surface area contributed by atoms with Gasteiger partial charge in [0.05, 0.1) is 0 Å². The van der Waals surface area contributed by atoms with E-state index in [2.05, 4.69) is 13.8 Å². The molecule has 4 nitrogen and oxygen atoms in total. The molecule has 59 heavy (non-hydrogen) atoms. The van der Waals surface area contributed by atoms with Gasteiger partial charge in [0.25, 0.3) is 0 Å². The van der Waals surface area contributed by atoms with Crippen molar-refractivity contribution < 1.29 is 43.7 Å². The Labute approximate surface area is 356 Å². The first-order valence-electron chi connectivity index (χ1n) is 22.3. The van der Waals surface area contributed by atoms with Gasteiger partial charge in [-0.25, -0.2) is 0 Å². The van der Waals surface area contributed by atoms with Gasteiger partial charge in [-0.1, -0.05) is 0 Å². The van der Waals surface area contributed by atoms with Gasteiger partial charge in [0.15, 0.2) is 0 Å². The third-order valence-corrected chi connectivity index (χ3v) is 21.0. The van der Waals surface area contributed by atoms with E-state index < -0.39 is 50.7 Å². The number of nitrogens with zero attached hydrogens (tertiary/aromatic N) is 2. The standard InChI is InChI=1S/2C19H28F2NO.2C6H7.Ti/c2*1-5-7-8-9-13-22(18(23)19(3,4)12-6-2)17-11-10-15(20)14-16(17)21;2*1-6-4-2-3-5-6;/h2*10-11H,5-9,12-13H2,1-4H3;2*2,4H,3H2,1H3;. The van der Waals surface area contributed by atoms with Gasteiger partial charge in [0, 0.05) is 0 Å². The molecule has 0 heterocycles. The third-order valence-electron chi connectivity index (χ3n) is 12.6. The van der Waals surface area contributed by atoms with E-state index in [9.17, 15) is 9.59 Å². The first-order valence-corrected chi connectivity index (χ1v) is 25.4. The van der Waals surface area contributed by atoms with Crippen LogP contribution < -0.4 is 17.5 Å². The molecule has 0 N–H and O–H groups in total. The summed E-state index contributed by atoms with van der Waals surface area (Å²) in [6.07, 6.45) is 17.4. The maximum atomic E-state index is 18.4. The number of carbonyl (C=O) groups excluding carboxylic acids is 2. The second-order valence-electron chi connectivity index (χ2n) is 18.1. The van der Waals surface area contributed by atoms with Gasteiger partial charge in [0.1, 0.15) is 0 Å². The van der Waals surface area contributed by atoms with Gasteiger partial charge in [-0.3, -0.25) is 0 Å². The molecule has 0 aromatic heterocycles. The number of hydrogen-bond acceptors (Lipinski definition) is 2. The summed E-state index contributed by atoms with van der Waals surface area (Å²) in [7, 11) is 0. The van der Waals surface area contributed by atoms with Gasteiger partial charge < -0.3 is 0 Å². The van der Waals surface area contributed by atoms with Gasteiger partial charge in [-0.2, -0.15) is 0 Å². The summed E-state index contributed by atoms with van der Waals surface area (Å²) in [4.78, 5) is 32.0. The predicted octanol–water partition coefficient (Wildman–Crippen LogP) is 13.3. The van der Waals surface area contributed by atoms with Crippen LogP contribution >= 0.6 is 0 Å². The monoisotopic (exact) mass is 854 g/mol. The topological polar surface area (TPSA) is 40.6 Å². The van der Waals surface area contributed by atoms with Crippen molar-refractivity contribution in [3.63, 3.8) is 0 Å². The van der Waals surface area contributed by atoms with E-state index in [1.807, 2.05) is 79.7 Å². The third kappa shape index (κ3) is 10.1. The van der Waals surface area contributed by atoms with Gasteiger partial charge in [-0.15, -0.1) is 0 Å². The number of hydrogen-bond donors (Lipinski definition) is 0. The van der Waals surface area contributed by atoms with E-state index in [1.54, 1.807) is 0 Å². The van der Waals surface area contributed by atoms with Crippen molar-refractivity contribution in [3.05, 3.63) is 90.7 Å². The normalized spacial score (nSPS) is 14.6. The number of halogens is 4. The van der Waals surface area contributed by atoms with Crippen LogP contribution in [0.3, 0.4) is 0 Å². The van der Waals surface area contributed by atoms with E-state index >= 15 is 17.6 Å². The molecule has 0 fully saturated rings. The average Bonchev–Trinajstić information content (AvgIpc) is 3.82. The molecule has 9 heteroatoms. The Kier molecular flexibility index (Phi) is 17.3. The van der Waals surface area contributed by atoms with Crippen molar-refractivity contribution in [3.8, 4) is 0 Å². The van der Waals surface area contributed by atoms with E-state index in [0.29, 0.717) is 33.4 Å². The Hall–Kier alpha value is -3.23. The molecule has 4 rings (SSSR count). The molecule has 2 aliphatic rings. The van der Waals surface area contributed by atoms with Gasteiger partial charge in [-0.05, 0) is 0 Å². The van der Waals surface area contributed by atoms with Crippen LogP contribution in [0.15, 0.2) is 67.5 Å². The van der Waals surface area contributed by atoms with Gasteiger partial charge >= 0.3 is 358 Å². The Morgan fingerprint density at radius 1 is 0.576 bits per heavy atom. The number of allylic oxidation sites excluding steroid dienone is 8. The average molecular weight is 855 g/mol. The van der Waals surface area contributed by atoms with E-state index in [0.717, 1.165) is 62.5 Å². The fraction of sp³-hybridized carbons (Fsp3) is 0.560.